The molecule has 0 heterocycles. The minimum Gasteiger partial charge on any atom is -0.337 e. The van der Waals surface area contributed by atoms with Crippen LogP contribution < -0.4 is 4.98 Å². The average Bonchev–Trinajstić information content (AvgIpc) is 1.88. The molecular weight excluding hydrogens is 150 g/mol. The molecule has 68 valence electrons. The topological polar surface area (TPSA) is 12.0 Å². The zero-order valence-electron chi connectivity index (χ0n) is 8.70. The summed E-state index contributed by atoms with van der Waals surface area (Å²) in [6.07, 6.45) is 2.63. The second kappa shape index (κ2) is 4.94. The van der Waals surface area contributed by atoms with Gasteiger partial charge in [0, 0.05) is 0 Å². The largest absolute Gasteiger partial charge is 0.337 e. The molecule has 0 radical (unpaired) electrons. The first-order valence-corrected chi connectivity index (χ1v) is 8.24. The summed E-state index contributed by atoms with van der Waals surface area (Å²) in [5.41, 5.74) is 0. The third-order valence-electron chi connectivity index (χ3n) is 2.08. The van der Waals surface area contributed by atoms with Crippen LogP contribution in [0.4, 0.5) is 0 Å². The Balaban J connectivity index is 3.51. The lowest BCUT2D eigenvalue weighted by molar-refractivity contribution is 0.485. The lowest BCUT2D eigenvalue weighted by Crippen LogP contribution is -2.43. The third kappa shape index (κ3) is 6.57. The highest BCUT2D eigenvalue weighted by atomic mass is 28.3. The maximum Gasteiger partial charge on any atom is 0.116 e. The Morgan fingerprint density at radius 2 is 1.55 bits per heavy atom. The van der Waals surface area contributed by atoms with E-state index in [0.29, 0.717) is 0 Å². The fraction of sp³-hybridized carbons (Fsp3) is 1.00. The average molecular weight is 173 g/mol. The van der Waals surface area contributed by atoms with Gasteiger partial charge in [-0.3, -0.25) is 0 Å². The lowest BCUT2D eigenvalue weighted by atomic mass is 10.0. The zero-order valence-corrected chi connectivity index (χ0v) is 9.70. The Bertz CT molecular complexity index is 92.2. The van der Waals surface area contributed by atoms with Crippen molar-refractivity contribution in [1.82, 2.24) is 4.98 Å². The van der Waals surface area contributed by atoms with Crippen LogP contribution in [0.2, 0.25) is 19.6 Å². The van der Waals surface area contributed by atoms with Gasteiger partial charge in [-0.05, 0) is 12.5 Å². The SMILES string of the molecule is CCC(CC)CN[Si](C)(C)C. The van der Waals surface area contributed by atoms with E-state index in [1.807, 2.05) is 0 Å². The van der Waals surface area contributed by atoms with E-state index >= 15 is 0 Å². The maximum absolute atomic E-state index is 3.66. The van der Waals surface area contributed by atoms with Crippen molar-refractivity contribution in [2.45, 2.75) is 46.3 Å². The first kappa shape index (κ1) is 11.2. The predicted octanol–water partition coefficient (Wildman–Crippen LogP) is 2.85. The summed E-state index contributed by atoms with van der Waals surface area (Å²) in [5.74, 6) is 0.890. The molecule has 0 saturated carbocycles. The smallest absolute Gasteiger partial charge is 0.116 e. The van der Waals surface area contributed by atoms with E-state index in [9.17, 15) is 0 Å². The Labute approximate surface area is 72.7 Å². The predicted molar refractivity (Wildman–Crippen MR) is 55.4 cm³/mol. The molecule has 1 nitrogen and oxygen atoms in total. The molecule has 0 aliphatic heterocycles. The van der Waals surface area contributed by atoms with E-state index in [1.165, 1.54) is 19.4 Å². The molecule has 0 fully saturated rings. The van der Waals surface area contributed by atoms with Crippen molar-refractivity contribution in [3.05, 3.63) is 0 Å². The second-order valence-corrected chi connectivity index (χ2v) is 9.17. The minimum atomic E-state index is -1.00. The van der Waals surface area contributed by atoms with E-state index in [2.05, 4.69) is 38.5 Å². The molecule has 11 heavy (non-hydrogen) atoms. The Hall–Kier alpha value is 0.177. The maximum atomic E-state index is 3.66. The van der Waals surface area contributed by atoms with Crippen LogP contribution in [-0.4, -0.2) is 14.8 Å². The summed E-state index contributed by atoms with van der Waals surface area (Å²) in [7, 11) is -1.00. The molecule has 0 aromatic carbocycles. The van der Waals surface area contributed by atoms with Gasteiger partial charge in [0.05, 0.1) is 0 Å². The Morgan fingerprint density at radius 1 is 1.09 bits per heavy atom. The molecule has 1 N–H and O–H groups in total. The van der Waals surface area contributed by atoms with Crippen LogP contribution in [0.1, 0.15) is 26.7 Å². The number of rotatable bonds is 5. The molecular formula is C9H23NSi. The third-order valence-corrected chi connectivity index (χ3v) is 3.34. The van der Waals surface area contributed by atoms with Gasteiger partial charge in [-0.2, -0.15) is 0 Å². The van der Waals surface area contributed by atoms with Gasteiger partial charge < -0.3 is 4.98 Å². The molecule has 0 aliphatic rings. The molecule has 0 aromatic rings. The molecule has 0 unspecified atom stereocenters. The van der Waals surface area contributed by atoms with E-state index in [-0.39, 0.29) is 0 Å². The van der Waals surface area contributed by atoms with E-state index in [4.69, 9.17) is 0 Å². The number of hydrogen-bond donors (Lipinski definition) is 1. The number of hydrogen-bond acceptors (Lipinski definition) is 1. The first-order valence-electron chi connectivity index (χ1n) is 4.74. The summed E-state index contributed by atoms with van der Waals surface area (Å²) < 4.78 is 0. The molecule has 0 aliphatic carbocycles. The van der Waals surface area contributed by atoms with Crippen molar-refractivity contribution in [2.24, 2.45) is 5.92 Å². The highest BCUT2D eigenvalue weighted by Gasteiger charge is 2.13. The van der Waals surface area contributed by atoms with Gasteiger partial charge in [0.2, 0.25) is 0 Å². The monoisotopic (exact) mass is 173 g/mol. The van der Waals surface area contributed by atoms with Crippen LogP contribution in [0.15, 0.2) is 0 Å². The fourth-order valence-electron chi connectivity index (χ4n) is 1.03. The van der Waals surface area contributed by atoms with E-state index < -0.39 is 8.24 Å². The molecule has 0 saturated heterocycles. The van der Waals surface area contributed by atoms with E-state index in [1.54, 1.807) is 0 Å². The van der Waals surface area contributed by atoms with Gasteiger partial charge in [0.1, 0.15) is 8.24 Å². The number of nitrogens with one attached hydrogen (secondary N) is 1. The summed E-state index contributed by atoms with van der Waals surface area (Å²) in [6, 6.07) is 0. The van der Waals surface area contributed by atoms with Gasteiger partial charge in [0.25, 0.3) is 0 Å². The minimum absolute atomic E-state index is 0.890. The van der Waals surface area contributed by atoms with Crippen molar-refractivity contribution < 1.29 is 0 Å². The highest BCUT2D eigenvalue weighted by molar-refractivity contribution is 6.73. The van der Waals surface area contributed by atoms with Crippen molar-refractivity contribution in [3.63, 3.8) is 0 Å². The van der Waals surface area contributed by atoms with Crippen molar-refractivity contribution in [1.29, 1.82) is 0 Å². The van der Waals surface area contributed by atoms with Gasteiger partial charge in [-0.25, -0.2) is 0 Å². The summed E-state index contributed by atoms with van der Waals surface area (Å²) >= 11 is 0. The van der Waals surface area contributed by atoms with Crippen molar-refractivity contribution >= 4 is 8.24 Å². The van der Waals surface area contributed by atoms with Gasteiger partial charge >= 0.3 is 0 Å². The lowest BCUT2D eigenvalue weighted by Gasteiger charge is -2.22. The molecule has 0 atom stereocenters. The second-order valence-electron chi connectivity index (χ2n) is 4.31. The molecule has 2 heteroatoms. The molecule has 0 rings (SSSR count). The highest BCUT2D eigenvalue weighted by Crippen LogP contribution is 2.06. The molecule has 0 bridgehead atoms. The van der Waals surface area contributed by atoms with Crippen LogP contribution in [0.25, 0.3) is 0 Å². The van der Waals surface area contributed by atoms with Gasteiger partial charge in [-0.15, -0.1) is 0 Å². The van der Waals surface area contributed by atoms with Crippen LogP contribution in [-0.2, 0) is 0 Å². The van der Waals surface area contributed by atoms with Crippen LogP contribution in [0, 0.1) is 5.92 Å². The fourth-order valence-corrected chi connectivity index (χ4v) is 1.93. The zero-order chi connectivity index (χ0) is 8.91. The quantitative estimate of drug-likeness (QED) is 0.630. The molecule has 0 amide bonds. The Kier molecular flexibility index (Phi) is 5.02. The summed E-state index contributed by atoms with van der Waals surface area (Å²) in [4.78, 5) is 3.66. The van der Waals surface area contributed by atoms with Crippen LogP contribution in [0.5, 0.6) is 0 Å². The molecule has 0 spiro atoms. The van der Waals surface area contributed by atoms with E-state index in [0.717, 1.165) is 5.92 Å². The summed E-state index contributed by atoms with van der Waals surface area (Å²) in [6.45, 7) is 12.9. The first-order chi connectivity index (χ1) is 4.99. The Morgan fingerprint density at radius 3 is 1.82 bits per heavy atom. The standard InChI is InChI=1S/C9H23NSi/c1-6-9(7-2)8-10-11(3,4)5/h9-10H,6-8H2,1-5H3. The van der Waals surface area contributed by atoms with Crippen LogP contribution >= 0.6 is 0 Å². The summed E-state index contributed by atoms with van der Waals surface area (Å²) in [5, 5.41) is 0. The van der Waals surface area contributed by atoms with Crippen LogP contribution in [0.3, 0.4) is 0 Å². The molecule has 0 aromatic heterocycles. The van der Waals surface area contributed by atoms with Crippen molar-refractivity contribution in [3.8, 4) is 0 Å². The normalized spacial score (nSPS) is 12.5. The van der Waals surface area contributed by atoms with Crippen molar-refractivity contribution in [2.75, 3.05) is 6.54 Å². The van der Waals surface area contributed by atoms with Gasteiger partial charge in [0.15, 0.2) is 0 Å². The van der Waals surface area contributed by atoms with Gasteiger partial charge in [-0.1, -0.05) is 46.3 Å².